The average molecular weight is 273 g/mol. The van der Waals surface area contributed by atoms with Crippen LogP contribution in [0.4, 0.5) is 5.69 Å². The Labute approximate surface area is 116 Å². The summed E-state index contributed by atoms with van der Waals surface area (Å²) < 4.78 is 5.61. The number of aryl methyl sites for hydroxylation is 1. The molecule has 0 radical (unpaired) electrons. The highest BCUT2D eigenvalue weighted by atomic mass is 16.6. The third-order valence-electron chi connectivity index (χ3n) is 2.81. The summed E-state index contributed by atoms with van der Waals surface area (Å²) in [5.41, 5.74) is 7.30. The minimum atomic E-state index is -0.483. The van der Waals surface area contributed by atoms with Crippen molar-refractivity contribution in [2.24, 2.45) is 5.73 Å². The molecule has 1 aromatic carbocycles. The fourth-order valence-corrected chi connectivity index (χ4v) is 1.79. The summed E-state index contributed by atoms with van der Waals surface area (Å²) in [7, 11) is 0. The first-order valence-corrected chi connectivity index (χ1v) is 6.12. The molecule has 0 saturated carbocycles. The fourth-order valence-electron chi connectivity index (χ4n) is 1.79. The van der Waals surface area contributed by atoms with Gasteiger partial charge in [-0.05, 0) is 31.5 Å². The van der Waals surface area contributed by atoms with E-state index in [0.717, 1.165) is 5.56 Å². The largest absolute Gasteiger partial charge is 0.431 e. The molecule has 2 N–H and O–H groups in total. The summed E-state index contributed by atoms with van der Waals surface area (Å²) in [4.78, 5) is 14.6. The predicted molar refractivity (Wildman–Crippen MR) is 74.7 cm³/mol. The van der Waals surface area contributed by atoms with Crippen LogP contribution in [0.3, 0.4) is 0 Å². The highest BCUT2D eigenvalue weighted by molar-refractivity contribution is 5.50. The Morgan fingerprint density at radius 2 is 2.15 bits per heavy atom. The van der Waals surface area contributed by atoms with Gasteiger partial charge in [0.05, 0.1) is 4.92 Å². The van der Waals surface area contributed by atoms with Crippen molar-refractivity contribution in [1.29, 1.82) is 0 Å². The van der Waals surface area contributed by atoms with Gasteiger partial charge >= 0.3 is 5.69 Å². The fraction of sp³-hybridized carbons (Fsp3) is 0.214. The van der Waals surface area contributed by atoms with Gasteiger partial charge in [0.25, 0.3) is 0 Å². The highest BCUT2D eigenvalue weighted by Crippen LogP contribution is 2.33. The molecule has 1 heterocycles. The maximum Gasteiger partial charge on any atom is 0.311 e. The number of nitrogens with zero attached hydrogens (tertiary/aromatic N) is 2. The third-order valence-corrected chi connectivity index (χ3v) is 2.81. The third kappa shape index (κ3) is 2.92. The topological polar surface area (TPSA) is 91.3 Å². The van der Waals surface area contributed by atoms with Crippen molar-refractivity contribution in [1.82, 2.24) is 4.98 Å². The quantitative estimate of drug-likeness (QED) is 0.682. The van der Waals surface area contributed by atoms with Crippen molar-refractivity contribution in [3.05, 3.63) is 57.8 Å². The van der Waals surface area contributed by atoms with E-state index in [9.17, 15) is 10.1 Å². The first kappa shape index (κ1) is 14.0. The van der Waals surface area contributed by atoms with Gasteiger partial charge in [-0.2, -0.15) is 0 Å². The summed E-state index contributed by atoms with van der Waals surface area (Å²) in [5.74, 6) is 0.451. The molecule has 0 bridgehead atoms. The van der Waals surface area contributed by atoms with Crippen molar-refractivity contribution in [3.8, 4) is 11.6 Å². The van der Waals surface area contributed by atoms with Crippen LogP contribution in [0.2, 0.25) is 0 Å². The predicted octanol–water partition coefficient (Wildman–Crippen LogP) is 3.11. The smallest absolute Gasteiger partial charge is 0.311 e. The number of nitro groups is 1. The van der Waals surface area contributed by atoms with E-state index >= 15 is 0 Å². The second kappa shape index (κ2) is 5.66. The molecular formula is C14H15N3O3. The van der Waals surface area contributed by atoms with Crippen LogP contribution >= 0.6 is 0 Å². The van der Waals surface area contributed by atoms with Crippen LogP contribution < -0.4 is 10.5 Å². The number of hydrogen-bond donors (Lipinski definition) is 1. The molecule has 104 valence electrons. The summed E-state index contributed by atoms with van der Waals surface area (Å²) in [6.07, 6.45) is 1.56. The lowest BCUT2D eigenvalue weighted by Crippen LogP contribution is -2.07. The van der Waals surface area contributed by atoms with Crippen molar-refractivity contribution in [3.63, 3.8) is 0 Å². The minimum Gasteiger partial charge on any atom is -0.431 e. The molecule has 1 atom stereocenters. The Morgan fingerprint density at radius 1 is 1.40 bits per heavy atom. The van der Waals surface area contributed by atoms with Crippen LogP contribution in [0.5, 0.6) is 11.6 Å². The van der Waals surface area contributed by atoms with E-state index in [1.807, 2.05) is 6.92 Å². The van der Waals surface area contributed by atoms with Gasteiger partial charge in [0.15, 0.2) is 0 Å². The molecule has 0 saturated heterocycles. The Hall–Kier alpha value is -2.47. The molecule has 2 aromatic rings. The van der Waals surface area contributed by atoms with Crippen LogP contribution in [0.15, 0.2) is 36.5 Å². The van der Waals surface area contributed by atoms with Crippen molar-refractivity contribution >= 4 is 5.69 Å². The Kier molecular flexibility index (Phi) is 3.95. The van der Waals surface area contributed by atoms with Crippen LogP contribution in [0, 0.1) is 17.0 Å². The molecule has 20 heavy (non-hydrogen) atoms. The molecule has 0 aliphatic heterocycles. The van der Waals surface area contributed by atoms with Crippen LogP contribution in [-0.2, 0) is 0 Å². The van der Waals surface area contributed by atoms with Gasteiger partial charge < -0.3 is 10.5 Å². The molecule has 0 spiro atoms. The van der Waals surface area contributed by atoms with Crippen molar-refractivity contribution in [2.45, 2.75) is 19.9 Å². The van der Waals surface area contributed by atoms with Gasteiger partial charge in [-0.15, -0.1) is 0 Å². The standard InChI is InChI=1S/C14H15N3O3/c1-9-5-6-12(17(18)19)13(8-9)20-14-11(10(2)15)4-3-7-16-14/h3-8,10H,15H2,1-2H3/t10-/m0/s1. The normalized spacial score (nSPS) is 11.9. The molecule has 0 aliphatic rings. The zero-order chi connectivity index (χ0) is 14.7. The van der Waals surface area contributed by atoms with E-state index in [-0.39, 0.29) is 23.4 Å². The molecule has 2 rings (SSSR count). The highest BCUT2D eigenvalue weighted by Gasteiger charge is 2.18. The average Bonchev–Trinajstić information content (AvgIpc) is 2.38. The zero-order valence-electron chi connectivity index (χ0n) is 11.2. The van der Waals surface area contributed by atoms with Gasteiger partial charge in [0.1, 0.15) is 0 Å². The second-order valence-electron chi connectivity index (χ2n) is 4.52. The van der Waals surface area contributed by atoms with Crippen LogP contribution in [-0.4, -0.2) is 9.91 Å². The number of benzene rings is 1. The van der Waals surface area contributed by atoms with E-state index in [1.54, 1.807) is 37.4 Å². The lowest BCUT2D eigenvalue weighted by Gasteiger charge is -2.12. The van der Waals surface area contributed by atoms with E-state index < -0.39 is 4.92 Å². The number of hydrogen-bond acceptors (Lipinski definition) is 5. The molecule has 6 nitrogen and oxygen atoms in total. The monoisotopic (exact) mass is 273 g/mol. The summed E-state index contributed by atoms with van der Waals surface area (Å²) >= 11 is 0. The van der Waals surface area contributed by atoms with E-state index in [0.29, 0.717) is 5.56 Å². The van der Waals surface area contributed by atoms with Gasteiger partial charge in [-0.25, -0.2) is 4.98 Å². The number of pyridine rings is 1. The maximum absolute atomic E-state index is 11.0. The molecule has 1 aromatic heterocycles. The minimum absolute atomic E-state index is 0.100. The van der Waals surface area contributed by atoms with Gasteiger partial charge in [0.2, 0.25) is 11.6 Å². The Morgan fingerprint density at radius 3 is 2.80 bits per heavy atom. The van der Waals surface area contributed by atoms with Gasteiger partial charge in [-0.3, -0.25) is 10.1 Å². The molecule has 0 aliphatic carbocycles. The van der Waals surface area contributed by atoms with E-state index in [1.165, 1.54) is 6.07 Å². The number of rotatable bonds is 4. The zero-order valence-corrected chi connectivity index (χ0v) is 11.2. The molecule has 0 unspecified atom stereocenters. The Bertz CT molecular complexity index is 641. The maximum atomic E-state index is 11.0. The first-order chi connectivity index (χ1) is 9.49. The number of nitrogens with two attached hydrogens (primary N) is 1. The van der Waals surface area contributed by atoms with Gasteiger partial charge in [-0.1, -0.05) is 12.1 Å². The molecule has 6 heteroatoms. The van der Waals surface area contributed by atoms with Crippen LogP contribution in [0.25, 0.3) is 0 Å². The summed E-state index contributed by atoms with van der Waals surface area (Å²) in [6.45, 7) is 3.63. The molecule has 0 fully saturated rings. The van der Waals surface area contributed by atoms with Gasteiger partial charge in [0, 0.05) is 23.9 Å². The molecule has 0 amide bonds. The number of ether oxygens (including phenoxy) is 1. The SMILES string of the molecule is Cc1ccc([N+](=O)[O-])c(Oc2ncccc2[C@H](C)N)c1. The summed E-state index contributed by atoms with van der Waals surface area (Å²) in [6, 6.07) is 7.94. The van der Waals surface area contributed by atoms with Crippen molar-refractivity contribution in [2.75, 3.05) is 0 Å². The number of nitro benzene ring substituents is 1. The summed E-state index contributed by atoms with van der Waals surface area (Å²) in [5, 5.41) is 11.0. The van der Waals surface area contributed by atoms with Crippen molar-refractivity contribution < 1.29 is 9.66 Å². The lowest BCUT2D eigenvalue weighted by molar-refractivity contribution is -0.385. The second-order valence-corrected chi connectivity index (χ2v) is 4.52. The molecular weight excluding hydrogens is 258 g/mol. The van der Waals surface area contributed by atoms with E-state index in [4.69, 9.17) is 10.5 Å². The Balaban J connectivity index is 2.45. The van der Waals surface area contributed by atoms with Crippen LogP contribution in [0.1, 0.15) is 24.1 Å². The van der Waals surface area contributed by atoms with E-state index in [2.05, 4.69) is 4.98 Å². The first-order valence-electron chi connectivity index (χ1n) is 6.12. The number of aromatic nitrogens is 1. The lowest BCUT2D eigenvalue weighted by atomic mass is 10.1.